The highest BCUT2D eigenvalue weighted by Crippen LogP contribution is 2.45. The Morgan fingerprint density at radius 2 is 2.39 bits per heavy atom. The molecule has 0 radical (unpaired) electrons. The van der Waals surface area contributed by atoms with Gasteiger partial charge in [0.15, 0.2) is 0 Å². The number of carboxylic acids is 1. The fraction of sp³-hybridized carbons (Fsp3) is 0.200. The number of nitrogens with zero attached hydrogens (tertiary/aromatic N) is 3. The van der Waals surface area contributed by atoms with Crippen LogP contribution in [0.2, 0.25) is 0 Å². The third kappa shape index (κ3) is 1.49. The van der Waals surface area contributed by atoms with Crippen molar-refractivity contribution in [2.45, 2.75) is 12.3 Å². The number of aryl methyl sites for hydroxylation is 1. The highest BCUT2D eigenvalue weighted by Gasteiger charge is 2.49. The average Bonchev–Trinajstić information content (AvgIpc) is 2.90. The second kappa shape index (κ2) is 3.92. The van der Waals surface area contributed by atoms with Crippen LogP contribution >= 0.6 is 23.3 Å². The molecule has 1 aromatic rings. The van der Waals surface area contributed by atoms with E-state index in [1.807, 2.05) is 6.92 Å². The summed E-state index contributed by atoms with van der Waals surface area (Å²) in [5, 5.41) is 14.1. The molecule has 0 aliphatic carbocycles. The second-order valence-corrected chi connectivity index (χ2v) is 5.53. The predicted molar refractivity (Wildman–Crippen MR) is 66.6 cm³/mol. The number of hydrogen-bond donors (Lipinski definition) is 1. The first-order chi connectivity index (χ1) is 8.59. The Bertz CT molecular complexity index is 620. The van der Waals surface area contributed by atoms with Crippen LogP contribution in [0.1, 0.15) is 10.6 Å². The van der Waals surface area contributed by atoms with Crippen molar-refractivity contribution in [1.29, 1.82) is 0 Å². The molecule has 0 bridgehead atoms. The van der Waals surface area contributed by atoms with Gasteiger partial charge in [0.25, 0.3) is 5.91 Å². The van der Waals surface area contributed by atoms with E-state index < -0.39 is 5.97 Å². The van der Waals surface area contributed by atoms with Crippen molar-refractivity contribution in [3.63, 3.8) is 0 Å². The quantitative estimate of drug-likeness (QED) is 0.645. The first kappa shape index (κ1) is 11.4. The van der Waals surface area contributed by atoms with Gasteiger partial charge in [-0.15, -0.1) is 16.9 Å². The Labute approximate surface area is 110 Å². The van der Waals surface area contributed by atoms with Gasteiger partial charge in [-0.3, -0.25) is 9.69 Å². The van der Waals surface area contributed by atoms with Gasteiger partial charge in [-0.1, -0.05) is 4.49 Å². The smallest absolute Gasteiger partial charge is 0.353 e. The summed E-state index contributed by atoms with van der Waals surface area (Å²) < 4.78 is 3.80. The summed E-state index contributed by atoms with van der Waals surface area (Å²) >= 11 is 2.55. The largest absolute Gasteiger partial charge is 0.477 e. The summed E-state index contributed by atoms with van der Waals surface area (Å²) in [6.07, 6.45) is 1.75. The van der Waals surface area contributed by atoms with Crippen LogP contribution in [0.15, 0.2) is 16.7 Å². The highest BCUT2D eigenvalue weighted by atomic mass is 32.2. The summed E-state index contributed by atoms with van der Waals surface area (Å²) in [7, 11) is 0. The van der Waals surface area contributed by atoms with Crippen LogP contribution in [-0.4, -0.2) is 36.8 Å². The topological polar surface area (TPSA) is 83.4 Å². The van der Waals surface area contributed by atoms with Crippen LogP contribution in [0.4, 0.5) is 0 Å². The van der Waals surface area contributed by atoms with Crippen molar-refractivity contribution in [3.05, 3.63) is 27.2 Å². The van der Waals surface area contributed by atoms with E-state index in [1.54, 1.807) is 6.08 Å². The van der Waals surface area contributed by atoms with E-state index >= 15 is 0 Å². The molecule has 1 aromatic heterocycles. The Hall–Kier alpha value is -1.67. The fourth-order valence-corrected chi connectivity index (χ4v) is 3.50. The number of thioether (sulfide) groups is 1. The second-order valence-electron chi connectivity index (χ2n) is 3.79. The van der Waals surface area contributed by atoms with Gasteiger partial charge < -0.3 is 5.11 Å². The molecule has 8 heteroatoms. The fourth-order valence-electron chi connectivity index (χ4n) is 1.78. The van der Waals surface area contributed by atoms with Gasteiger partial charge in [-0.25, -0.2) is 4.79 Å². The van der Waals surface area contributed by atoms with Crippen molar-refractivity contribution >= 4 is 41.2 Å². The Morgan fingerprint density at radius 1 is 1.61 bits per heavy atom. The van der Waals surface area contributed by atoms with Crippen molar-refractivity contribution in [2.24, 2.45) is 0 Å². The normalized spacial score (nSPS) is 23.9. The minimum atomic E-state index is -1.08. The van der Waals surface area contributed by atoms with Gasteiger partial charge in [0, 0.05) is 5.41 Å². The van der Waals surface area contributed by atoms with E-state index in [2.05, 4.69) is 9.59 Å². The average molecular weight is 281 g/mol. The van der Waals surface area contributed by atoms with Crippen LogP contribution in [0.25, 0.3) is 6.08 Å². The van der Waals surface area contributed by atoms with Gasteiger partial charge in [0.2, 0.25) is 0 Å². The number of aliphatic carboxylic acids is 1. The van der Waals surface area contributed by atoms with E-state index in [1.165, 1.54) is 33.6 Å². The van der Waals surface area contributed by atoms with Gasteiger partial charge >= 0.3 is 5.97 Å². The number of carbonyl (C=O) groups is 2. The summed E-state index contributed by atoms with van der Waals surface area (Å²) in [6, 6.07) is 0. The maximum absolute atomic E-state index is 11.9. The molecule has 0 aromatic carbocycles. The molecule has 2 aliphatic rings. The third-order valence-electron chi connectivity index (χ3n) is 2.73. The van der Waals surface area contributed by atoms with Gasteiger partial charge in [-0.2, -0.15) is 0 Å². The molecule has 2 aliphatic heterocycles. The molecule has 1 atom stereocenters. The van der Waals surface area contributed by atoms with E-state index in [4.69, 9.17) is 5.11 Å². The monoisotopic (exact) mass is 281 g/mol. The zero-order valence-electron chi connectivity index (χ0n) is 9.15. The number of hydrogen-bond acceptors (Lipinski definition) is 6. The van der Waals surface area contributed by atoms with Gasteiger partial charge in [-0.05, 0) is 24.5 Å². The van der Waals surface area contributed by atoms with Crippen molar-refractivity contribution in [2.75, 3.05) is 0 Å². The lowest BCUT2D eigenvalue weighted by Gasteiger charge is -2.37. The van der Waals surface area contributed by atoms with Crippen molar-refractivity contribution < 1.29 is 14.7 Å². The number of carboxylic acid groups (broad SMARTS) is 1. The molecule has 3 heterocycles. The number of fused-ring (bicyclic) bond motifs is 1. The lowest BCUT2D eigenvalue weighted by Crippen LogP contribution is -2.51. The van der Waals surface area contributed by atoms with Crippen molar-refractivity contribution in [3.8, 4) is 0 Å². The van der Waals surface area contributed by atoms with E-state index in [-0.39, 0.29) is 17.0 Å². The highest BCUT2D eigenvalue weighted by molar-refractivity contribution is 8.03. The molecule has 1 saturated heterocycles. The number of amides is 1. The SMILES string of the molecule is Cc1nnsc1/C=C1/C(=O)N2C(C(=O)O)=CS[C@@H]12. The molecular weight excluding hydrogens is 274 g/mol. The minimum absolute atomic E-state index is 0.0475. The zero-order valence-corrected chi connectivity index (χ0v) is 10.8. The van der Waals surface area contributed by atoms with Gasteiger partial charge in [0.05, 0.1) is 16.1 Å². The minimum Gasteiger partial charge on any atom is -0.477 e. The number of aromatic nitrogens is 2. The molecule has 1 N–H and O–H groups in total. The molecular formula is C10H7N3O3S2. The molecule has 3 rings (SSSR count). The molecule has 0 spiro atoms. The number of β-lactam (4-membered cyclic amide) rings is 1. The predicted octanol–water partition coefficient (Wildman–Crippen LogP) is 1.07. The Balaban J connectivity index is 1.89. The summed E-state index contributed by atoms with van der Waals surface area (Å²) in [4.78, 5) is 24.9. The Kier molecular flexibility index (Phi) is 2.49. The molecule has 6 nitrogen and oxygen atoms in total. The molecule has 18 heavy (non-hydrogen) atoms. The summed E-state index contributed by atoms with van der Waals surface area (Å²) in [6.45, 7) is 1.82. The van der Waals surface area contributed by atoms with Crippen LogP contribution in [-0.2, 0) is 9.59 Å². The lowest BCUT2D eigenvalue weighted by atomic mass is 10.0. The number of rotatable bonds is 2. The number of carbonyl (C=O) groups excluding carboxylic acids is 1. The lowest BCUT2D eigenvalue weighted by molar-refractivity contribution is -0.141. The first-order valence-corrected chi connectivity index (χ1v) is 6.74. The van der Waals surface area contributed by atoms with Crippen LogP contribution in [0.5, 0.6) is 0 Å². The zero-order chi connectivity index (χ0) is 12.9. The van der Waals surface area contributed by atoms with Crippen LogP contribution in [0.3, 0.4) is 0 Å². The van der Waals surface area contributed by atoms with Crippen molar-refractivity contribution in [1.82, 2.24) is 14.5 Å². The summed E-state index contributed by atoms with van der Waals surface area (Å²) in [5.74, 6) is -1.33. The van der Waals surface area contributed by atoms with E-state index in [0.29, 0.717) is 5.57 Å². The molecule has 1 amide bonds. The third-order valence-corrected chi connectivity index (χ3v) is 4.58. The first-order valence-electron chi connectivity index (χ1n) is 5.02. The van der Waals surface area contributed by atoms with Gasteiger partial charge in [0.1, 0.15) is 11.1 Å². The molecule has 92 valence electrons. The van der Waals surface area contributed by atoms with Crippen LogP contribution < -0.4 is 0 Å². The molecule has 1 fully saturated rings. The Morgan fingerprint density at radius 3 is 3.00 bits per heavy atom. The standard InChI is InChI=1S/C10H7N3O3S2/c1-4-7(18-12-11-4)2-5-8(14)13-6(10(15)16)3-17-9(5)13/h2-3,9H,1H3,(H,15,16)/b5-2-/t9-/m0/s1. The van der Waals surface area contributed by atoms with Crippen LogP contribution in [0, 0.1) is 6.92 Å². The molecule has 0 unspecified atom stereocenters. The summed E-state index contributed by atoms with van der Waals surface area (Å²) in [5.41, 5.74) is 1.42. The maximum Gasteiger partial charge on any atom is 0.353 e. The van der Waals surface area contributed by atoms with E-state index in [9.17, 15) is 9.59 Å². The molecule has 0 saturated carbocycles. The maximum atomic E-state index is 11.9. The van der Waals surface area contributed by atoms with E-state index in [0.717, 1.165) is 10.6 Å².